The number of anilines is 1. The van der Waals surface area contributed by atoms with Crippen molar-refractivity contribution in [2.24, 2.45) is 11.8 Å². The van der Waals surface area contributed by atoms with E-state index >= 15 is 0 Å². The number of amides is 3. The van der Waals surface area contributed by atoms with Crippen molar-refractivity contribution in [3.05, 3.63) is 24.3 Å². The van der Waals surface area contributed by atoms with Crippen LogP contribution in [0.2, 0.25) is 0 Å². The Morgan fingerprint density at radius 3 is 2.53 bits per heavy atom. The van der Waals surface area contributed by atoms with Crippen molar-refractivity contribution in [3.8, 4) is 5.75 Å². The van der Waals surface area contributed by atoms with Crippen molar-refractivity contribution in [3.63, 3.8) is 0 Å². The number of β-amino-alcohol motifs (C(OH)–C–C–N with tert-alkyl or cyclic N) is 1. The topological polar surface area (TPSA) is 117 Å². The quantitative estimate of drug-likeness (QED) is 0.505. The van der Waals surface area contributed by atoms with Gasteiger partial charge in [0.2, 0.25) is 17.7 Å². The number of aliphatic hydroxyl groups excluding tert-OH is 1. The van der Waals surface area contributed by atoms with E-state index in [1.165, 1.54) is 11.3 Å². The van der Waals surface area contributed by atoms with Gasteiger partial charge in [0.25, 0.3) is 0 Å². The molecular weight excluding hydrogens is 462 g/mol. The van der Waals surface area contributed by atoms with E-state index in [9.17, 15) is 19.5 Å². The molecule has 196 valence electrons. The summed E-state index contributed by atoms with van der Waals surface area (Å²) < 4.78 is 12.1. The monoisotopic (exact) mass is 499 g/mol. The largest absolute Gasteiger partial charge is 0.494 e. The Hall–Kier alpha value is -2.65. The minimum atomic E-state index is -1.07. The van der Waals surface area contributed by atoms with Crippen LogP contribution in [0.5, 0.6) is 5.75 Å². The zero-order chi connectivity index (χ0) is 25.5. The lowest BCUT2D eigenvalue weighted by atomic mass is 9.66. The van der Waals surface area contributed by atoms with Crippen molar-refractivity contribution in [1.82, 2.24) is 10.2 Å². The van der Waals surface area contributed by atoms with Gasteiger partial charge in [0.05, 0.1) is 30.7 Å². The van der Waals surface area contributed by atoms with Gasteiger partial charge in [0.1, 0.15) is 17.4 Å². The van der Waals surface area contributed by atoms with Gasteiger partial charge in [-0.15, -0.1) is 0 Å². The van der Waals surface area contributed by atoms with E-state index in [1.54, 1.807) is 24.3 Å². The molecule has 1 aliphatic carbocycles. The Morgan fingerprint density at radius 2 is 1.86 bits per heavy atom. The number of likely N-dealkylation sites (tertiary alicyclic amines) is 1. The van der Waals surface area contributed by atoms with E-state index in [0.29, 0.717) is 30.9 Å². The first-order valence-electron chi connectivity index (χ1n) is 13.3. The second-order valence-corrected chi connectivity index (χ2v) is 10.8. The molecule has 9 heteroatoms. The van der Waals surface area contributed by atoms with E-state index in [4.69, 9.17) is 9.47 Å². The summed E-state index contributed by atoms with van der Waals surface area (Å²) in [4.78, 5) is 42.5. The molecule has 3 N–H and O–H groups in total. The highest BCUT2D eigenvalue weighted by Gasteiger charge is 2.77. The van der Waals surface area contributed by atoms with Crippen LogP contribution >= 0.6 is 0 Å². The predicted octanol–water partition coefficient (Wildman–Crippen LogP) is 2.23. The molecule has 0 radical (unpaired) electrons. The zero-order valence-electron chi connectivity index (χ0n) is 21.1. The summed E-state index contributed by atoms with van der Waals surface area (Å²) in [6.07, 6.45) is 6.28. The minimum Gasteiger partial charge on any atom is -0.494 e. The van der Waals surface area contributed by atoms with Crippen molar-refractivity contribution in [2.45, 2.75) is 82.1 Å². The average Bonchev–Trinajstić information content (AvgIpc) is 3.42. The van der Waals surface area contributed by atoms with Gasteiger partial charge in [-0.3, -0.25) is 14.4 Å². The summed E-state index contributed by atoms with van der Waals surface area (Å²) in [5, 5.41) is 15.8. The Morgan fingerprint density at radius 1 is 1.14 bits per heavy atom. The molecule has 36 heavy (non-hydrogen) atoms. The molecule has 3 aliphatic heterocycles. The van der Waals surface area contributed by atoms with Gasteiger partial charge >= 0.3 is 0 Å². The Kier molecular flexibility index (Phi) is 6.72. The molecule has 1 aromatic carbocycles. The van der Waals surface area contributed by atoms with Gasteiger partial charge < -0.3 is 30.1 Å². The van der Waals surface area contributed by atoms with Crippen LogP contribution in [0.25, 0.3) is 0 Å². The van der Waals surface area contributed by atoms with E-state index in [0.717, 1.165) is 25.7 Å². The number of nitrogens with one attached hydrogen (secondary N) is 2. The Balaban J connectivity index is 1.41. The third-order valence-electron chi connectivity index (χ3n) is 8.53. The first-order chi connectivity index (χ1) is 17.3. The number of carbonyl (C=O) groups is 3. The summed E-state index contributed by atoms with van der Waals surface area (Å²) in [7, 11) is 0. The lowest BCUT2D eigenvalue weighted by Gasteiger charge is -2.35. The Bertz CT molecular complexity index is 1010. The number of carbonyl (C=O) groups excluding carboxylic acids is 3. The smallest absolute Gasteiger partial charge is 0.246 e. The number of benzene rings is 1. The first-order valence-corrected chi connectivity index (χ1v) is 13.3. The third kappa shape index (κ3) is 4.06. The third-order valence-corrected chi connectivity index (χ3v) is 8.53. The van der Waals surface area contributed by atoms with Crippen LogP contribution < -0.4 is 15.4 Å². The highest BCUT2D eigenvalue weighted by atomic mass is 16.5. The van der Waals surface area contributed by atoms with Crippen LogP contribution in [0.3, 0.4) is 0 Å². The van der Waals surface area contributed by atoms with Crippen molar-refractivity contribution < 1.29 is 29.0 Å². The molecule has 0 aromatic heterocycles. The molecule has 1 aromatic rings. The van der Waals surface area contributed by atoms with Crippen LogP contribution in [0.15, 0.2) is 24.3 Å². The van der Waals surface area contributed by atoms with Crippen LogP contribution in [0, 0.1) is 11.8 Å². The summed E-state index contributed by atoms with van der Waals surface area (Å²) in [5.74, 6) is -1.61. The molecule has 3 saturated heterocycles. The number of rotatable bonds is 8. The molecule has 5 rings (SSSR count). The normalized spacial score (nSPS) is 33.5. The minimum absolute atomic E-state index is 0.0349. The first kappa shape index (κ1) is 25.0. The maximum absolute atomic E-state index is 13.8. The average molecular weight is 500 g/mol. The van der Waals surface area contributed by atoms with Crippen LogP contribution in [-0.2, 0) is 19.1 Å². The summed E-state index contributed by atoms with van der Waals surface area (Å²) in [6, 6.07) is 6.34. The number of ether oxygens (including phenoxy) is 2. The molecule has 3 amide bonds. The SMILES string of the molecule is CCOc1ccc(NC(=O)[C@H]2[C@H]3C(=O)N(CCO)C(C(=O)NC4CCCCC4)C34CC[C@]2(C)O4)cc1. The summed E-state index contributed by atoms with van der Waals surface area (Å²) in [5.41, 5.74) is -1.31. The molecule has 4 fully saturated rings. The van der Waals surface area contributed by atoms with E-state index in [1.807, 2.05) is 13.8 Å². The molecule has 2 unspecified atom stereocenters. The van der Waals surface area contributed by atoms with Crippen molar-refractivity contribution >= 4 is 23.4 Å². The number of hydrogen-bond donors (Lipinski definition) is 3. The Labute approximate surface area is 211 Å². The summed E-state index contributed by atoms with van der Waals surface area (Å²) in [6.45, 7) is 4.11. The van der Waals surface area contributed by atoms with E-state index in [-0.39, 0.29) is 36.9 Å². The number of nitrogens with zero attached hydrogens (tertiary/aromatic N) is 1. The number of hydrogen-bond acceptors (Lipinski definition) is 6. The molecule has 2 bridgehead atoms. The lowest BCUT2D eigenvalue weighted by Crippen LogP contribution is -2.57. The lowest BCUT2D eigenvalue weighted by molar-refractivity contribution is -0.146. The van der Waals surface area contributed by atoms with Gasteiger partial charge in [0, 0.05) is 18.3 Å². The maximum Gasteiger partial charge on any atom is 0.246 e. The molecule has 3 heterocycles. The highest BCUT2D eigenvalue weighted by Crippen LogP contribution is 2.63. The van der Waals surface area contributed by atoms with Gasteiger partial charge in [-0.25, -0.2) is 0 Å². The molecule has 9 nitrogen and oxygen atoms in total. The molecule has 4 aliphatic rings. The number of fused-ring (bicyclic) bond motifs is 1. The standard InChI is InChI=1S/C27H37N3O6/c1-3-35-19-11-9-18(10-12-19)28-23(32)20-21-25(34)30(15-16-31)22(27(21)14-13-26(20,2)36-27)24(33)29-17-7-5-4-6-8-17/h9-12,17,20-22,31H,3-8,13-16H2,1-2H3,(H,28,32)(H,29,33)/t20-,21+,22?,26+,27?/m1/s1. The van der Waals surface area contributed by atoms with E-state index < -0.39 is 29.1 Å². The molecule has 1 spiro atoms. The maximum atomic E-state index is 13.8. The number of aliphatic hydroxyl groups is 1. The fourth-order valence-corrected chi connectivity index (χ4v) is 7.02. The van der Waals surface area contributed by atoms with Crippen molar-refractivity contribution in [1.29, 1.82) is 0 Å². The fraction of sp³-hybridized carbons (Fsp3) is 0.667. The zero-order valence-corrected chi connectivity index (χ0v) is 21.1. The second kappa shape index (κ2) is 9.67. The van der Waals surface area contributed by atoms with Gasteiger partial charge in [-0.2, -0.15) is 0 Å². The summed E-state index contributed by atoms with van der Waals surface area (Å²) >= 11 is 0. The highest BCUT2D eigenvalue weighted by molar-refractivity contribution is 6.02. The van der Waals surface area contributed by atoms with Gasteiger partial charge in [-0.1, -0.05) is 19.3 Å². The van der Waals surface area contributed by atoms with Crippen LogP contribution in [0.4, 0.5) is 5.69 Å². The molecule has 1 saturated carbocycles. The van der Waals surface area contributed by atoms with E-state index in [2.05, 4.69) is 10.6 Å². The predicted molar refractivity (Wildman–Crippen MR) is 132 cm³/mol. The fourth-order valence-electron chi connectivity index (χ4n) is 7.02. The van der Waals surface area contributed by atoms with Gasteiger partial charge in [0.15, 0.2) is 0 Å². The molecular formula is C27H37N3O6. The van der Waals surface area contributed by atoms with Crippen LogP contribution in [0.1, 0.15) is 58.8 Å². The van der Waals surface area contributed by atoms with Crippen LogP contribution in [-0.4, -0.2) is 70.8 Å². The molecule has 5 atom stereocenters. The second-order valence-electron chi connectivity index (χ2n) is 10.8. The van der Waals surface area contributed by atoms with Gasteiger partial charge in [-0.05, 0) is 63.8 Å². The van der Waals surface area contributed by atoms with Crippen molar-refractivity contribution in [2.75, 3.05) is 25.1 Å².